The number of unbranched alkanes of at least 4 members (excludes halogenated alkanes) is 5. The van der Waals surface area contributed by atoms with E-state index < -0.39 is 18.4 Å². The molecule has 1 N–H and O–H groups in total. The fourth-order valence-electron chi connectivity index (χ4n) is 3.24. The van der Waals surface area contributed by atoms with Crippen LogP contribution in [0, 0.1) is 0 Å². The summed E-state index contributed by atoms with van der Waals surface area (Å²) in [7, 11) is 0. The number of hydrogen-bond acceptors (Lipinski definition) is 2. The first-order valence-electron chi connectivity index (χ1n) is 10.1. The van der Waals surface area contributed by atoms with E-state index in [4.69, 9.17) is 9.84 Å². The second-order valence-corrected chi connectivity index (χ2v) is 21.1. The topological polar surface area (TPSA) is 29.5 Å². The van der Waals surface area contributed by atoms with Crippen LogP contribution in [0.1, 0.15) is 78.6 Å². The van der Waals surface area contributed by atoms with Crippen molar-refractivity contribution in [1.82, 2.24) is 0 Å². The summed E-state index contributed by atoms with van der Waals surface area (Å²) in [5.74, 6) is 0. The fraction of sp³-hybridized carbons (Fsp3) is 0.900. The van der Waals surface area contributed by atoms with E-state index in [2.05, 4.69) is 26.8 Å². The number of ether oxygens (including phenoxy) is 1. The number of allylic oxidation sites excluding steroid dienone is 1. The summed E-state index contributed by atoms with van der Waals surface area (Å²) in [6, 6.07) is 0. The molecular formula is C20H42O2Sn. The molecule has 0 saturated carbocycles. The van der Waals surface area contributed by atoms with E-state index in [0.29, 0.717) is 6.61 Å². The van der Waals surface area contributed by atoms with Gasteiger partial charge in [0.05, 0.1) is 0 Å². The zero-order valence-corrected chi connectivity index (χ0v) is 19.0. The minimum atomic E-state index is -1.98. The summed E-state index contributed by atoms with van der Waals surface area (Å²) >= 11 is -1.98. The molecule has 0 rings (SSSR count). The van der Waals surface area contributed by atoms with Crippen LogP contribution in [0.15, 0.2) is 12.3 Å². The molecule has 2 nitrogen and oxygen atoms in total. The van der Waals surface area contributed by atoms with Crippen LogP contribution >= 0.6 is 0 Å². The van der Waals surface area contributed by atoms with Gasteiger partial charge >= 0.3 is 150 Å². The van der Waals surface area contributed by atoms with Crippen molar-refractivity contribution in [1.29, 1.82) is 0 Å². The molecule has 3 heteroatoms. The molecule has 138 valence electrons. The van der Waals surface area contributed by atoms with E-state index in [9.17, 15) is 0 Å². The van der Waals surface area contributed by atoms with E-state index in [1.54, 1.807) is 13.3 Å². The van der Waals surface area contributed by atoms with E-state index in [-0.39, 0.29) is 0 Å². The SMILES string of the molecule is CCC[CH2][Sn]([CH2]/C=C\OCCCCCO)([CH2]CCC)[CH2]CCC. The number of hydrogen-bond donors (Lipinski definition) is 1. The van der Waals surface area contributed by atoms with Crippen LogP contribution in [0.5, 0.6) is 0 Å². The van der Waals surface area contributed by atoms with Gasteiger partial charge < -0.3 is 0 Å². The molecule has 0 aliphatic carbocycles. The summed E-state index contributed by atoms with van der Waals surface area (Å²) in [6.07, 6.45) is 15.7. The zero-order valence-electron chi connectivity index (χ0n) is 16.1. The van der Waals surface area contributed by atoms with Crippen LogP contribution in [-0.2, 0) is 4.74 Å². The molecule has 0 bridgehead atoms. The van der Waals surface area contributed by atoms with Gasteiger partial charge in [-0.15, -0.1) is 0 Å². The summed E-state index contributed by atoms with van der Waals surface area (Å²) in [5, 5.41) is 8.76. The molecule has 0 saturated heterocycles. The third kappa shape index (κ3) is 13.3. The number of aliphatic hydroxyl groups is 1. The van der Waals surface area contributed by atoms with Gasteiger partial charge in [-0.25, -0.2) is 0 Å². The van der Waals surface area contributed by atoms with Crippen LogP contribution in [0.4, 0.5) is 0 Å². The van der Waals surface area contributed by atoms with Crippen molar-refractivity contribution in [2.45, 2.75) is 96.3 Å². The average molecular weight is 433 g/mol. The summed E-state index contributed by atoms with van der Waals surface area (Å²) < 4.78 is 11.8. The van der Waals surface area contributed by atoms with E-state index in [0.717, 1.165) is 25.9 Å². The van der Waals surface area contributed by atoms with Gasteiger partial charge in [0.25, 0.3) is 0 Å². The van der Waals surface area contributed by atoms with Crippen molar-refractivity contribution in [3.63, 3.8) is 0 Å². The Hall–Kier alpha value is 0.299. The molecule has 0 heterocycles. The monoisotopic (exact) mass is 434 g/mol. The first kappa shape index (κ1) is 23.3. The first-order chi connectivity index (χ1) is 11.2. The quantitative estimate of drug-likeness (QED) is 0.161. The second kappa shape index (κ2) is 17.1. The average Bonchev–Trinajstić information content (AvgIpc) is 2.58. The van der Waals surface area contributed by atoms with Crippen molar-refractivity contribution >= 4 is 18.4 Å². The Balaban J connectivity index is 4.33. The molecule has 0 amide bonds. The van der Waals surface area contributed by atoms with Gasteiger partial charge in [-0.2, -0.15) is 0 Å². The Labute approximate surface area is 150 Å². The molecule has 0 aromatic heterocycles. The van der Waals surface area contributed by atoms with Crippen LogP contribution in [0.3, 0.4) is 0 Å². The third-order valence-corrected chi connectivity index (χ3v) is 20.1. The normalized spacial score (nSPS) is 12.2. The van der Waals surface area contributed by atoms with Crippen molar-refractivity contribution in [3.05, 3.63) is 12.3 Å². The van der Waals surface area contributed by atoms with E-state index >= 15 is 0 Å². The van der Waals surface area contributed by atoms with Gasteiger partial charge in [-0.1, -0.05) is 0 Å². The van der Waals surface area contributed by atoms with E-state index in [1.807, 2.05) is 6.26 Å². The van der Waals surface area contributed by atoms with Crippen molar-refractivity contribution in [2.24, 2.45) is 0 Å². The predicted octanol–water partition coefficient (Wildman–Crippen LogP) is 6.53. The summed E-state index contributed by atoms with van der Waals surface area (Å²) in [5.41, 5.74) is 0. The summed E-state index contributed by atoms with van der Waals surface area (Å²) in [4.78, 5) is 0. The van der Waals surface area contributed by atoms with Crippen LogP contribution < -0.4 is 0 Å². The zero-order chi connectivity index (χ0) is 17.2. The van der Waals surface area contributed by atoms with Crippen molar-refractivity contribution < 1.29 is 9.84 Å². The maximum atomic E-state index is 8.76. The molecule has 23 heavy (non-hydrogen) atoms. The molecule has 0 spiro atoms. The molecular weight excluding hydrogens is 391 g/mol. The molecule has 0 radical (unpaired) electrons. The molecule has 0 fully saturated rings. The van der Waals surface area contributed by atoms with Gasteiger partial charge in [0.15, 0.2) is 0 Å². The van der Waals surface area contributed by atoms with Crippen LogP contribution in [-0.4, -0.2) is 36.7 Å². The predicted molar refractivity (Wildman–Crippen MR) is 106 cm³/mol. The van der Waals surface area contributed by atoms with Gasteiger partial charge in [-0.05, 0) is 0 Å². The molecule has 0 aromatic carbocycles. The van der Waals surface area contributed by atoms with E-state index in [1.165, 1.54) is 43.0 Å². The van der Waals surface area contributed by atoms with Crippen LogP contribution in [0.25, 0.3) is 0 Å². The Morgan fingerprint density at radius 2 is 1.35 bits per heavy atom. The van der Waals surface area contributed by atoms with Gasteiger partial charge in [-0.3, -0.25) is 0 Å². The Kier molecular flexibility index (Phi) is 17.4. The van der Waals surface area contributed by atoms with Gasteiger partial charge in [0.2, 0.25) is 0 Å². The number of aliphatic hydroxyl groups excluding tert-OH is 1. The Bertz CT molecular complexity index is 245. The van der Waals surface area contributed by atoms with Crippen molar-refractivity contribution in [3.8, 4) is 0 Å². The summed E-state index contributed by atoms with van der Waals surface area (Å²) in [6.45, 7) is 8.11. The molecule has 0 aromatic rings. The van der Waals surface area contributed by atoms with Gasteiger partial charge in [0, 0.05) is 0 Å². The Morgan fingerprint density at radius 3 is 1.83 bits per heavy atom. The standard InChI is InChI=1S/C8H15O2.3C4H9.Sn/c1-2-7-10-8-5-3-4-6-9;3*1-3-4-2;/h2,7,9H,1,3-6,8H2;3*1,3-4H2,2H3;/b7-2-;;;;. The fourth-order valence-corrected chi connectivity index (χ4v) is 18.3. The number of rotatable bonds is 17. The van der Waals surface area contributed by atoms with Crippen LogP contribution in [0.2, 0.25) is 17.7 Å². The minimum absolute atomic E-state index is 0.305. The molecule has 0 aliphatic rings. The maximum absolute atomic E-state index is 8.76. The third-order valence-electron chi connectivity index (χ3n) is 4.85. The Morgan fingerprint density at radius 1 is 0.783 bits per heavy atom. The second-order valence-electron chi connectivity index (χ2n) is 7.04. The molecule has 0 aliphatic heterocycles. The molecule has 0 unspecified atom stereocenters. The molecule has 0 atom stereocenters. The van der Waals surface area contributed by atoms with Crippen molar-refractivity contribution in [2.75, 3.05) is 13.2 Å². The van der Waals surface area contributed by atoms with Gasteiger partial charge in [0.1, 0.15) is 0 Å². The first-order valence-corrected chi connectivity index (χ1v) is 18.2.